The normalized spacial score (nSPS) is 20.3. The molecule has 0 bridgehead atoms. The van der Waals surface area contributed by atoms with E-state index in [1.807, 2.05) is 13.0 Å². The zero-order valence-corrected chi connectivity index (χ0v) is 11.5. The number of piperidine rings is 1. The van der Waals surface area contributed by atoms with Crippen molar-refractivity contribution in [2.75, 3.05) is 20.2 Å². The number of rotatable bonds is 3. The summed E-state index contributed by atoms with van der Waals surface area (Å²) in [4.78, 5) is 13.8. The number of halogens is 1. The van der Waals surface area contributed by atoms with Crippen LogP contribution in [-0.2, 0) is 16.1 Å². The lowest BCUT2D eigenvalue weighted by Crippen LogP contribution is -2.38. The molecule has 1 aromatic rings. The van der Waals surface area contributed by atoms with Crippen LogP contribution in [0.4, 0.5) is 4.39 Å². The minimum Gasteiger partial charge on any atom is -0.469 e. The van der Waals surface area contributed by atoms with E-state index < -0.39 is 0 Å². The minimum atomic E-state index is -0.202. The Kier molecular flexibility index (Phi) is 4.53. The van der Waals surface area contributed by atoms with Gasteiger partial charge in [-0.3, -0.25) is 9.69 Å². The summed E-state index contributed by atoms with van der Waals surface area (Å²) in [5, 5.41) is 0. The zero-order valence-electron chi connectivity index (χ0n) is 11.5. The third-order valence-electron chi connectivity index (χ3n) is 3.74. The summed E-state index contributed by atoms with van der Waals surface area (Å²) >= 11 is 0. The number of carbonyl (C=O) groups excluding carboxylic acids is 1. The number of esters is 1. The summed E-state index contributed by atoms with van der Waals surface area (Å²) in [6, 6.07) is 4.87. The van der Waals surface area contributed by atoms with Crippen molar-refractivity contribution in [3.8, 4) is 0 Å². The SMILES string of the molecule is COC(=O)[C@H]1CCCN(Cc2ccc(F)cc2C)C1. The molecular formula is C15H20FNO2. The van der Waals surface area contributed by atoms with E-state index in [4.69, 9.17) is 4.74 Å². The predicted molar refractivity (Wildman–Crippen MR) is 71.2 cm³/mol. The van der Waals surface area contributed by atoms with Gasteiger partial charge >= 0.3 is 5.97 Å². The van der Waals surface area contributed by atoms with E-state index >= 15 is 0 Å². The van der Waals surface area contributed by atoms with Crippen LogP contribution >= 0.6 is 0 Å². The predicted octanol–water partition coefficient (Wildman–Crippen LogP) is 2.52. The van der Waals surface area contributed by atoms with Crippen molar-refractivity contribution in [2.45, 2.75) is 26.3 Å². The Labute approximate surface area is 113 Å². The van der Waals surface area contributed by atoms with E-state index in [0.717, 1.165) is 43.6 Å². The molecule has 19 heavy (non-hydrogen) atoms. The minimum absolute atomic E-state index is 0.0282. The molecular weight excluding hydrogens is 245 g/mol. The summed E-state index contributed by atoms with van der Waals surface area (Å²) in [6.45, 7) is 4.38. The average Bonchev–Trinajstić information content (AvgIpc) is 2.41. The van der Waals surface area contributed by atoms with Gasteiger partial charge in [-0.2, -0.15) is 0 Å². The maximum Gasteiger partial charge on any atom is 0.309 e. The van der Waals surface area contributed by atoms with Crippen LogP contribution in [0.15, 0.2) is 18.2 Å². The first kappa shape index (κ1) is 14.0. The van der Waals surface area contributed by atoms with Gasteiger partial charge in [0.25, 0.3) is 0 Å². The molecule has 1 aliphatic rings. The number of aryl methyl sites for hydroxylation is 1. The van der Waals surface area contributed by atoms with Crippen molar-refractivity contribution < 1.29 is 13.9 Å². The van der Waals surface area contributed by atoms with Crippen LogP contribution in [-0.4, -0.2) is 31.1 Å². The van der Waals surface area contributed by atoms with E-state index in [-0.39, 0.29) is 17.7 Å². The topological polar surface area (TPSA) is 29.5 Å². The van der Waals surface area contributed by atoms with Crippen LogP contribution in [0.3, 0.4) is 0 Å². The second kappa shape index (κ2) is 6.15. The monoisotopic (exact) mass is 265 g/mol. The Morgan fingerprint density at radius 3 is 3.00 bits per heavy atom. The van der Waals surface area contributed by atoms with Gasteiger partial charge in [0.15, 0.2) is 0 Å². The third kappa shape index (κ3) is 3.53. The molecule has 0 unspecified atom stereocenters. The highest BCUT2D eigenvalue weighted by Crippen LogP contribution is 2.21. The Morgan fingerprint density at radius 2 is 2.32 bits per heavy atom. The first-order valence-corrected chi connectivity index (χ1v) is 6.65. The fraction of sp³-hybridized carbons (Fsp3) is 0.533. The van der Waals surface area contributed by atoms with Gasteiger partial charge in [0, 0.05) is 13.1 Å². The molecule has 104 valence electrons. The molecule has 4 heteroatoms. The Hall–Kier alpha value is -1.42. The molecule has 1 aromatic carbocycles. The molecule has 1 saturated heterocycles. The third-order valence-corrected chi connectivity index (χ3v) is 3.74. The lowest BCUT2D eigenvalue weighted by molar-refractivity contribution is -0.147. The van der Waals surface area contributed by atoms with Gasteiger partial charge in [-0.25, -0.2) is 4.39 Å². The van der Waals surface area contributed by atoms with Crippen LogP contribution in [0.1, 0.15) is 24.0 Å². The van der Waals surface area contributed by atoms with Crippen molar-refractivity contribution in [1.82, 2.24) is 4.90 Å². The number of methoxy groups -OCH3 is 1. The first-order valence-electron chi connectivity index (χ1n) is 6.65. The van der Waals surface area contributed by atoms with Crippen LogP contribution in [0.5, 0.6) is 0 Å². The molecule has 0 aromatic heterocycles. The van der Waals surface area contributed by atoms with Crippen LogP contribution < -0.4 is 0 Å². The number of hydrogen-bond donors (Lipinski definition) is 0. The molecule has 2 rings (SSSR count). The molecule has 0 aliphatic carbocycles. The van der Waals surface area contributed by atoms with Crippen molar-refractivity contribution in [2.24, 2.45) is 5.92 Å². The number of ether oxygens (including phenoxy) is 1. The summed E-state index contributed by atoms with van der Waals surface area (Å²) in [6.07, 6.45) is 1.89. The van der Waals surface area contributed by atoms with E-state index in [2.05, 4.69) is 4.90 Å². The van der Waals surface area contributed by atoms with Crippen molar-refractivity contribution in [3.05, 3.63) is 35.1 Å². The molecule has 1 heterocycles. The molecule has 1 fully saturated rings. The number of nitrogens with zero attached hydrogens (tertiary/aromatic N) is 1. The van der Waals surface area contributed by atoms with Crippen LogP contribution in [0, 0.1) is 18.7 Å². The van der Waals surface area contributed by atoms with Gasteiger partial charge in [0.1, 0.15) is 5.82 Å². The lowest BCUT2D eigenvalue weighted by Gasteiger charge is -2.31. The molecule has 1 atom stereocenters. The number of likely N-dealkylation sites (tertiary alicyclic amines) is 1. The van der Waals surface area contributed by atoms with Crippen LogP contribution in [0.2, 0.25) is 0 Å². The summed E-state index contributed by atoms with van der Waals surface area (Å²) in [5.74, 6) is -0.354. The summed E-state index contributed by atoms with van der Waals surface area (Å²) < 4.78 is 17.9. The largest absolute Gasteiger partial charge is 0.469 e. The van der Waals surface area contributed by atoms with E-state index in [9.17, 15) is 9.18 Å². The van der Waals surface area contributed by atoms with Gasteiger partial charge in [-0.05, 0) is 49.6 Å². The number of hydrogen-bond acceptors (Lipinski definition) is 3. The van der Waals surface area contributed by atoms with E-state index in [1.165, 1.54) is 13.2 Å². The Balaban J connectivity index is 2.00. The molecule has 0 radical (unpaired) electrons. The van der Waals surface area contributed by atoms with Gasteiger partial charge in [0.2, 0.25) is 0 Å². The molecule has 0 saturated carbocycles. The van der Waals surface area contributed by atoms with Gasteiger partial charge in [-0.1, -0.05) is 6.07 Å². The zero-order chi connectivity index (χ0) is 13.8. The Bertz CT molecular complexity index is 461. The fourth-order valence-corrected chi connectivity index (χ4v) is 2.64. The molecule has 0 spiro atoms. The average molecular weight is 265 g/mol. The highest BCUT2D eigenvalue weighted by atomic mass is 19.1. The summed E-state index contributed by atoms with van der Waals surface area (Å²) in [7, 11) is 1.44. The van der Waals surface area contributed by atoms with Gasteiger partial charge in [0.05, 0.1) is 13.0 Å². The first-order chi connectivity index (χ1) is 9.10. The lowest BCUT2D eigenvalue weighted by atomic mass is 9.97. The number of benzene rings is 1. The highest BCUT2D eigenvalue weighted by molar-refractivity contribution is 5.72. The molecule has 0 N–H and O–H groups in total. The second-order valence-electron chi connectivity index (χ2n) is 5.17. The molecule has 1 aliphatic heterocycles. The maximum absolute atomic E-state index is 13.1. The van der Waals surface area contributed by atoms with E-state index in [1.54, 1.807) is 6.07 Å². The van der Waals surface area contributed by atoms with E-state index in [0.29, 0.717) is 0 Å². The highest BCUT2D eigenvalue weighted by Gasteiger charge is 2.26. The van der Waals surface area contributed by atoms with Gasteiger partial charge in [-0.15, -0.1) is 0 Å². The second-order valence-corrected chi connectivity index (χ2v) is 5.17. The quantitative estimate of drug-likeness (QED) is 0.787. The molecule has 3 nitrogen and oxygen atoms in total. The standard InChI is InChI=1S/C15H20FNO2/c1-11-8-14(16)6-5-12(11)9-17-7-3-4-13(10-17)15(18)19-2/h5-6,8,13H,3-4,7,9-10H2,1-2H3/t13-/m0/s1. The van der Waals surface area contributed by atoms with Crippen molar-refractivity contribution >= 4 is 5.97 Å². The van der Waals surface area contributed by atoms with Gasteiger partial charge < -0.3 is 4.74 Å². The Morgan fingerprint density at radius 1 is 1.53 bits per heavy atom. The fourth-order valence-electron chi connectivity index (χ4n) is 2.64. The van der Waals surface area contributed by atoms with Crippen molar-refractivity contribution in [1.29, 1.82) is 0 Å². The summed E-state index contributed by atoms with van der Waals surface area (Å²) in [5.41, 5.74) is 2.08. The maximum atomic E-state index is 13.1. The molecule has 0 amide bonds. The smallest absolute Gasteiger partial charge is 0.309 e. The van der Waals surface area contributed by atoms with Crippen molar-refractivity contribution in [3.63, 3.8) is 0 Å². The van der Waals surface area contributed by atoms with Crippen LogP contribution in [0.25, 0.3) is 0 Å². The number of carbonyl (C=O) groups is 1.